The van der Waals surface area contributed by atoms with Gasteiger partial charge in [0.25, 0.3) is 0 Å². The lowest BCUT2D eigenvalue weighted by Gasteiger charge is -2.34. The summed E-state index contributed by atoms with van der Waals surface area (Å²) in [5.41, 5.74) is -1.11. The Morgan fingerprint density at radius 3 is 2.22 bits per heavy atom. The van der Waals surface area contributed by atoms with E-state index in [1.165, 1.54) is 0 Å². The van der Waals surface area contributed by atoms with Gasteiger partial charge in [-0.05, 0) is 59.8 Å². The summed E-state index contributed by atoms with van der Waals surface area (Å²) in [6, 6.07) is 0. The van der Waals surface area contributed by atoms with Crippen LogP contribution >= 0.6 is 0 Å². The molecule has 5 unspecified atom stereocenters. The predicted molar refractivity (Wildman–Crippen MR) is 85.5 cm³/mol. The zero-order valence-corrected chi connectivity index (χ0v) is 15.1. The third kappa shape index (κ3) is 3.70. The Kier molecular flexibility index (Phi) is 4.82. The third-order valence-electron chi connectivity index (χ3n) is 5.28. The molecule has 2 fully saturated rings. The molecule has 5 nitrogen and oxygen atoms in total. The normalized spacial score (nSPS) is 33.6. The molecule has 2 rings (SSSR count). The maximum Gasteiger partial charge on any atom is 0.311 e. The maximum atomic E-state index is 12.4. The summed E-state index contributed by atoms with van der Waals surface area (Å²) < 4.78 is 11.1. The number of ether oxygens (including phenoxy) is 2. The molecule has 0 aromatic rings. The molecule has 23 heavy (non-hydrogen) atoms. The van der Waals surface area contributed by atoms with Crippen LogP contribution in [0.3, 0.4) is 0 Å². The number of aliphatic hydroxyl groups is 1. The molecular formula is C18H30O5. The van der Waals surface area contributed by atoms with Gasteiger partial charge in [-0.3, -0.25) is 9.59 Å². The Labute approximate surface area is 138 Å². The van der Waals surface area contributed by atoms with E-state index in [4.69, 9.17) is 9.47 Å². The summed E-state index contributed by atoms with van der Waals surface area (Å²) in [5.74, 6) is -0.959. The van der Waals surface area contributed by atoms with Crippen molar-refractivity contribution in [2.45, 2.75) is 78.6 Å². The molecule has 2 aliphatic rings. The molecular weight excluding hydrogens is 296 g/mol. The van der Waals surface area contributed by atoms with Gasteiger partial charge in [-0.25, -0.2) is 0 Å². The molecule has 0 saturated heterocycles. The maximum absolute atomic E-state index is 12.4. The molecule has 5 heteroatoms. The Balaban J connectivity index is 2.08. The van der Waals surface area contributed by atoms with Crippen molar-refractivity contribution in [3.8, 4) is 0 Å². The van der Waals surface area contributed by atoms with E-state index in [0.29, 0.717) is 12.8 Å². The van der Waals surface area contributed by atoms with E-state index in [0.717, 1.165) is 6.42 Å². The van der Waals surface area contributed by atoms with Gasteiger partial charge in [-0.15, -0.1) is 0 Å². The fraction of sp³-hybridized carbons (Fsp3) is 0.889. The third-order valence-corrected chi connectivity index (χ3v) is 5.28. The minimum Gasteiger partial charge on any atom is -0.460 e. The van der Waals surface area contributed by atoms with Gasteiger partial charge in [0.1, 0.15) is 11.7 Å². The molecule has 1 N–H and O–H groups in total. The van der Waals surface area contributed by atoms with Crippen molar-refractivity contribution in [3.05, 3.63) is 0 Å². The van der Waals surface area contributed by atoms with E-state index in [1.54, 1.807) is 0 Å². The van der Waals surface area contributed by atoms with E-state index < -0.39 is 23.2 Å². The average molecular weight is 326 g/mol. The van der Waals surface area contributed by atoms with Crippen LogP contribution in [0.2, 0.25) is 0 Å². The SMILES string of the molecule is CCC(C)(C)C(=O)OC1C(O)C2CC(C(=O)OC(C)(C)C)C1C2. The van der Waals surface area contributed by atoms with Crippen LogP contribution in [-0.4, -0.2) is 34.9 Å². The highest BCUT2D eigenvalue weighted by molar-refractivity contribution is 5.77. The van der Waals surface area contributed by atoms with Crippen molar-refractivity contribution in [1.82, 2.24) is 0 Å². The monoisotopic (exact) mass is 326 g/mol. The topological polar surface area (TPSA) is 72.8 Å². The lowest BCUT2D eigenvalue weighted by Crippen LogP contribution is -2.45. The van der Waals surface area contributed by atoms with Crippen LogP contribution in [0.5, 0.6) is 0 Å². The summed E-state index contributed by atoms with van der Waals surface area (Å²) in [7, 11) is 0. The summed E-state index contributed by atoms with van der Waals surface area (Å²) in [4.78, 5) is 24.7. The van der Waals surface area contributed by atoms with E-state index in [2.05, 4.69) is 0 Å². The molecule has 0 aliphatic heterocycles. The Bertz CT molecular complexity index is 476. The van der Waals surface area contributed by atoms with Gasteiger partial charge in [-0.2, -0.15) is 0 Å². The van der Waals surface area contributed by atoms with Gasteiger partial charge in [0.2, 0.25) is 0 Å². The minimum absolute atomic E-state index is 0.0139. The highest BCUT2D eigenvalue weighted by Gasteiger charge is 2.57. The molecule has 2 bridgehead atoms. The number of hydrogen-bond donors (Lipinski definition) is 1. The summed E-state index contributed by atoms with van der Waals surface area (Å²) in [6.45, 7) is 11.1. The molecule has 0 aromatic heterocycles. The molecule has 2 saturated carbocycles. The molecule has 0 amide bonds. The van der Waals surface area contributed by atoms with Crippen LogP contribution in [0, 0.1) is 23.2 Å². The van der Waals surface area contributed by atoms with Crippen LogP contribution in [-0.2, 0) is 19.1 Å². The van der Waals surface area contributed by atoms with Crippen LogP contribution in [0.1, 0.15) is 60.8 Å². The van der Waals surface area contributed by atoms with Gasteiger partial charge in [0, 0.05) is 5.92 Å². The Morgan fingerprint density at radius 1 is 1.13 bits per heavy atom. The smallest absolute Gasteiger partial charge is 0.311 e. The van der Waals surface area contributed by atoms with Crippen molar-refractivity contribution in [2.75, 3.05) is 0 Å². The van der Waals surface area contributed by atoms with Gasteiger partial charge in [0.15, 0.2) is 0 Å². The summed E-state index contributed by atoms with van der Waals surface area (Å²) in [6.07, 6.45) is 0.736. The van der Waals surface area contributed by atoms with E-state index in [9.17, 15) is 14.7 Å². The first kappa shape index (κ1) is 18.2. The number of carbonyl (C=O) groups excluding carboxylic acids is 2. The number of rotatable bonds is 4. The largest absolute Gasteiger partial charge is 0.460 e. The first-order chi connectivity index (χ1) is 10.5. The molecule has 132 valence electrons. The fourth-order valence-electron chi connectivity index (χ4n) is 3.51. The molecule has 5 atom stereocenters. The lowest BCUT2D eigenvalue weighted by molar-refractivity contribution is -0.179. The fourth-order valence-corrected chi connectivity index (χ4v) is 3.51. The number of carbonyl (C=O) groups is 2. The van der Waals surface area contributed by atoms with Crippen molar-refractivity contribution in [2.24, 2.45) is 23.2 Å². The van der Waals surface area contributed by atoms with Crippen molar-refractivity contribution >= 4 is 11.9 Å². The summed E-state index contributed by atoms with van der Waals surface area (Å²) in [5, 5.41) is 10.4. The highest BCUT2D eigenvalue weighted by atomic mass is 16.6. The Hall–Kier alpha value is -1.10. The van der Waals surface area contributed by atoms with Crippen molar-refractivity contribution < 1.29 is 24.2 Å². The number of fused-ring (bicyclic) bond motifs is 2. The van der Waals surface area contributed by atoms with Gasteiger partial charge in [-0.1, -0.05) is 6.92 Å². The van der Waals surface area contributed by atoms with Crippen LogP contribution < -0.4 is 0 Å². The second-order valence-electron chi connectivity index (χ2n) is 8.63. The van der Waals surface area contributed by atoms with Gasteiger partial charge < -0.3 is 14.6 Å². The summed E-state index contributed by atoms with van der Waals surface area (Å²) >= 11 is 0. The molecule has 0 heterocycles. The van der Waals surface area contributed by atoms with Crippen LogP contribution in [0.4, 0.5) is 0 Å². The molecule has 0 spiro atoms. The second kappa shape index (κ2) is 6.08. The number of hydrogen-bond acceptors (Lipinski definition) is 5. The zero-order valence-electron chi connectivity index (χ0n) is 15.1. The predicted octanol–water partition coefficient (Wildman–Crippen LogP) is 2.69. The van der Waals surface area contributed by atoms with Crippen molar-refractivity contribution in [3.63, 3.8) is 0 Å². The van der Waals surface area contributed by atoms with Crippen LogP contribution in [0.15, 0.2) is 0 Å². The Morgan fingerprint density at radius 2 is 1.74 bits per heavy atom. The zero-order chi connectivity index (χ0) is 17.6. The van der Waals surface area contributed by atoms with Gasteiger partial charge >= 0.3 is 11.9 Å². The lowest BCUT2D eigenvalue weighted by atomic mass is 9.84. The van der Waals surface area contributed by atoms with E-state index >= 15 is 0 Å². The average Bonchev–Trinajstić information content (AvgIpc) is 2.97. The van der Waals surface area contributed by atoms with Gasteiger partial charge in [0.05, 0.1) is 17.4 Å². The molecule has 2 aliphatic carbocycles. The van der Waals surface area contributed by atoms with Crippen LogP contribution in [0.25, 0.3) is 0 Å². The minimum atomic E-state index is -0.671. The molecule has 0 aromatic carbocycles. The first-order valence-corrected chi connectivity index (χ1v) is 8.58. The highest BCUT2D eigenvalue weighted by Crippen LogP contribution is 2.51. The number of aliphatic hydroxyl groups excluding tert-OH is 1. The standard InChI is InChI=1S/C18H30O5/c1-7-18(5,6)16(21)22-14-11-8-10(13(14)19)9-12(11)15(20)23-17(2,3)4/h10-14,19H,7-9H2,1-6H3. The van der Waals surface area contributed by atoms with E-state index in [1.807, 2.05) is 41.5 Å². The quantitative estimate of drug-likeness (QED) is 0.804. The van der Waals surface area contributed by atoms with E-state index in [-0.39, 0.29) is 29.7 Å². The first-order valence-electron chi connectivity index (χ1n) is 8.58. The van der Waals surface area contributed by atoms with Crippen molar-refractivity contribution in [1.29, 1.82) is 0 Å². The second-order valence-corrected chi connectivity index (χ2v) is 8.63. The molecule has 0 radical (unpaired) electrons. The number of esters is 2.